The third-order valence-corrected chi connectivity index (χ3v) is 1.47. The van der Waals surface area contributed by atoms with E-state index in [1.807, 2.05) is 0 Å². The molecule has 14 heavy (non-hydrogen) atoms. The molecule has 7 nitrogen and oxygen atoms in total. The maximum absolute atomic E-state index is 10.1. The van der Waals surface area contributed by atoms with Crippen LogP contribution in [0.4, 0.5) is 5.69 Å². The van der Waals surface area contributed by atoms with E-state index in [2.05, 4.69) is 4.84 Å². The molecule has 0 amide bonds. The Kier molecular flexibility index (Phi) is 2.52. The summed E-state index contributed by atoms with van der Waals surface area (Å²) in [5, 5.41) is 16.2. The number of hydrogen-bond acceptors (Lipinski definition) is 5. The van der Waals surface area contributed by atoms with E-state index in [9.17, 15) is 10.1 Å². The number of nitrogen functional groups attached to an aromatic ring is 2. The SMILES string of the molecule is N=C(N)c1ccc(N)cc1O[N+](=O)[O-]. The van der Waals surface area contributed by atoms with Gasteiger partial charge in [-0.3, -0.25) is 10.2 Å². The maximum Gasteiger partial charge on any atom is 0.299 e. The first-order chi connectivity index (χ1) is 6.50. The average molecular weight is 196 g/mol. The third kappa shape index (κ3) is 2.09. The van der Waals surface area contributed by atoms with E-state index >= 15 is 0 Å². The Balaban J connectivity index is 3.15. The van der Waals surface area contributed by atoms with Crippen LogP contribution in [0.3, 0.4) is 0 Å². The van der Waals surface area contributed by atoms with Gasteiger partial charge in [0.2, 0.25) is 0 Å². The predicted molar refractivity (Wildman–Crippen MR) is 49.5 cm³/mol. The summed E-state index contributed by atoms with van der Waals surface area (Å²) >= 11 is 0. The standard InChI is InChI=1S/C7H8N4O3/c8-4-1-2-5(7(9)10)6(3-4)14-11(12)13/h1-3H,8H2,(H3,9,10). The molecule has 1 rings (SSSR count). The normalized spacial score (nSPS) is 9.43. The molecule has 1 aromatic carbocycles. The van der Waals surface area contributed by atoms with Crippen LogP contribution in [-0.2, 0) is 0 Å². The van der Waals surface area contributed by atoms with Gasteiger partial charge in [-0.1, -0.05) is 0 Å². The summed E-state index contributed by atoms with van der Waals surface area (Å²) in [6, 6.07) is 4.10. The van der Waals surface area contributed by atoms with Crippen LogP contribution in [0.5, 0.6) is 5.75 Å². The quantitative estimate of drug-likeness (QED) is 0.208. The maximum atomic E-state index is 10.1. The van der Waals surface area contributed by atoms with Gasteiger partial charge in [-0.25, -0.2) is 0 Å². The van der Waals surface area contributed by atoms with Crippen molar-refractivity contribution in [2.75, 3.05) is 5.73 Å². The molecule has 0 aliphatic heterocycles. The lowest BCUT2D eigenvalue weighted by atomic mass is 10.1. The first-order valence-corrected chi connectivity index (χ1v) is 3.57. The first kappa shape index (κ1) is 9.78. The number of amidine groups is 1. The minimum Gasteiger partial charge on any atom is -0.399 e. The van der Waals surface area contributed by atoms with Crippen LogP contribution >= 0.6 is 0 Å². The van der Waals surface area contributed by atoms with Crippen LogP contribution in [0.15, 0.2) is 18.2 Å². The molecule has 0 saturated heterocycles. The van der Waals surface area contributed by atoms with Gasteiger partial charge in [0.1, 0.15) is 11.6 Å². The second-order valence-corrected chi connectivity index (χ2v) is 2.48. The van der Waals surface area contributed by atoms with Crippen LogP contribution in [0.25, 0.3) is 0 Å². The van der Waals surface area contributed by atoms with E-state index in [1.165, 1.54) is 18.2 Å². The van der Waals surface area contributed by atoms with Crippen molar-refractivity contribution in [1.29, 1.82) is 5.41 Å². The number of nitrogens with one attached hydrogen (secondary N) is 1. The molecular formula is C7H8N4O3. The highest BCUT2D eigenvalue weighted by Crippen LogP contribution is 2.21. The highest BCUT2D eigenvalue weighted by Gasteiger charge is 2.09. The van der Waals surface area contributed by atoms with Crippen molar-refractivity contribution >= 4 is 11.5 Å². The zero-order valence-corrected chi connectivity index (χ0v) is 7.06. The van der Waals surface area contributed by atoms with Gasteiger partial charge in [-0.05, 0) is 18.2 Å². The van der Waals surface area contributed by atoms with E-state index in [4.69, 9.17) is 16.9 Å². The molecule has 74 valence electrons. The summed E-state index contributed by atoms with van der Waals surface area (Å²) in [6.07, 6.45) is 0. The monoisotopic (exact) mass is 196 g/mol. The van der Waals surface area contributed by atoms with Crippen LogP contribution in [0.2, 0.25) is 0 Å². The van der Waals surface area contributed by atoms with Crippen LogP contribution in [0.1, 0.15) is 5.56 Å². The third-order valence-electron chi connectivity index (χ3n) is 1.47. The molecule has 0 spiro atoms. The fraction of sp³-hybridized carbons (Fsp3) is 0. The minimum absolute atomic E-state index is 0.135. The van der Waals surface area contributed by atoms with Gasteiger partial charge in [0.05, 0.1) is 0 Å². The van der Waals surface area contributed by atoms with Gasteiger partial charge in [-0.15, -0.1) is 10.1 Å². The zero-order valence-electron chi connectivity index (χ0n) is 7.06. The molecule has 1 aromatic rings. The van der Waals surface area contributed by atoms with Crippen molar-refractivity contribution in [2.45, 2.75) is 0 Å². The number of anilines is 1. The zero-order chi connectivity index (χ0) is 10.7. The highest BCUT2D eigenvalue weighted by atomic mass is 17.0. The molecule has 0 aliphatic rings. The molecular weight excluding hydrogens is 188 g/mol. The topological polar surface area (TPSA) is 128 Å². The Morgan fingerprint density at radius 1 is 1.57 bits per heavy atom. The second kappa shape index (κ2) is 3.60. The first-order valence-electron chi connectivity index (χ1n) is 3.57. The summed E-state index contributed by atoms with van der Waals surface area (Å²) in [5.74, 6) is -0.454. The molecule has 0 aromatic heterocycles. The lowest BCUT2D eigenvalue weighted by Crippen LogP contribution is -2.15. The Labute approximate surface area is 78.9 Å². The number of nitrogens with zero attached hydrogens (tertiary/aromatic N) is 1. The van der Waals surface area contributed by atoms with Crippen LogP contribution in [0, 0.1) is 15.5 Å². The van der Waals surface area contributed by atoms with Crippen LogP contribution < -0.4 is 16.3 Å². The van der Waals surface area contributed by atoms with Gasteiger partial charge in [0.15, 0.2) is 0 Å². The Hall–Kier alpha value is -2.31. The van der Waals surface area contributed by atoms with Crippen molar-refractivity contribution in [3.63, 3.8) is 0 Å². The van der Waals surface area contributed by atoms with Crippen molar-refractivity contribution < 1.29 is 9.92 Å². The molecule has 0 heterocycles. The summed E-state index contributed by atoms with van der Waals surface area (Å²) in [6.45, 7) is 0. The van der Waals surface area contributed by atoms with Crippen molar-refractivity contribution in [1.82, 2.24) is 0 Å². The van der Waals surface area contributed by atoms with Crippen molar-refractivity contribution in [2.24, 2.45) is 5.73 Å². The fourth-order valence-electron chi connectivity index (χ4n) is 0.917. The summed E-state index contributed by atoms with van der Waals surface area (Å²) in [7, 11) is 0. The van der Waals surface area contributed by atoms with E-state index in [0.717, 1.165) is 0 Å². The minimum atomic E-state index is -0.985. The molecule has 0 saturated carbocycles. The van der Waals surface area contributed by atoms with Gasteiger partial charge < -0.3 is 11.5 Å². The molecule has 5 N–H and O–H groups in total. The highest BCUT2D eigenvalue weighted by molar-refractivity contribution is 5.98. The fourth-order valence-corrected chi connectivity index (χ4v) is 0.917. The summed E-state index contributed by atoms with van der Waals surface area (Å²) < 4.78 is 0. The lowest BCUT2D eigenvalue weighted by Gasteiger charge is -2.06. The summed E-state index contributed by atoms with van der Waals surface area (Å²) in [5.41, 5.74) is 11.0. The molecule has 0 aliphatic carbocycles. The number of rotatable bonds is 3. The molecule has 0 unspecified atom stereocenters. The van der Waals surface area contributed by atoms with Gasteiger partial charge >= 0.3 is 0 Å². The Bertz CT molecular complexity index is 391. The average Bonchev–Trinajstić information content (AvgIpc) is 2.01. The molecule has 0 fully saturated rings. The number of benzene rings is 1. The Morgan fingerprint density at radius 3 is 2.71 bits per heavy atom. The van der Waals surface area contributed by atoms with E-state index < -0.39 is 5.09 Å². The number of hydrogen-bond donors (Lipinski definition) is 3. The van der Waals surface area contributed by atoms with Gasteiger partial charge in [-0.2, -0.15) is 0 Å². The predicted octanol–water partition coefficient (Wildman–Crippen LogP) is 0.123. The summed E-state index contributed by atoms with van der Waals surface area (Å²) in [4.78, 5) is 14.3. The molecule has 0 radical (unpaired) electrons. The lowest BCUT2D eigenvalue weighted by molar-refractivity contribution is -0.711. The van der Waals surface area contributed by atoms with Gasteiger partial charge in [0.25, 0.3) is 5.09 Å². The number of nitrogens with two attached hydrogens (primary N) is 2. The van der Waals surface area contributed by atoms with Crippen LogP contribution in [-0.4, -0.2) is 10.9 Å². The van der Waals surface area contributed by atoms with E-state index in [-0.39, 0.29) is 17.1 Å². The Morgan fingerprint density at radius 2 is 2.21 bits per heavy atom. The largest absolute Gasteiger partial charge is 0.399 e. The van der Waals surface area contributed by atoms with E-state index in [1.54, 1.807) is 0 Å². The molecule has 0 atom stereocenters. The van der Waals surface area contributed by atoms with Crippen molar-refractivity contribution in [3.05, 3.63) is 33.9 Å². The second-order valence-electron chi connectivity index (χ2n) is 2.48. The van der Waals surface area contributed by atoms with Crippen molar-refractivity contribution in [3.8, 4) is 5.75 Å². The van der Waals surface area contributed by atoms with E-state index in [0.29, 0.717) is 5.69 Å². The van der Waals surface area contributed by atoms with Gasteiger partial charge in [0, 0.05) is 11.3 Å². The molecule has 7 heteroatoms. The smallest absolute Gasteiger partial charge is 0.299 e. The molecule has 0 bridgehead atoms.